The summed E-state index contributed by atoms with van der Waals surface area (Å²) in [5.74, 6) is 1.39. The number of nitrogens with zero attached hydrogens (tertiary/aromatic N) is 2. The third-order valence-corrected chi connectivity index (χ3v) is 4.94. The van der Waals surface area contributed by atoms with E-state index in [4.69, 9.17) is 16.3 Å². The highest BCUT2D eigenvalue weighted by Gasteiger charge is 2.28. The van der Waals surface area contributed by atoms with Crippen molar-refractivity contribution in [2.45, 2.75) is 18.8 Å². The van der Waals surface area contributed by atoms with Gasteiger partial charge in [0.2, 0.25) is 5.95 Å². The second kappa shape index (κ2) is 7.37. The van der Waals surface area contributed by atoms with Crippen LogP contribution in [0.2, 0.25) is 5.02 Å². The summed E-state index contributed by atoms with van der Waals surface area (Å²) in [5.41, 5.74) is 3.28. The first-order valence-electron chi connectivity index (χ1n) is 8.68. The lowest BCUT2D eigenvalue weighted by Gasteiger charge is -2.23. The smallest absolute Gasteiger partial charge is 0.227 e. The molecule has 0 unspecified atom stereocenters. The fraction of sp³-hybridized carbons (Fsp3) is 0.190. The monoisotopic (exact) mass is 379 g/mol. The third kappa shape index (κ3) is 3.78. The molecule has 0 spiro atoms. The Balaban J connectivity index is 1.58. The number of Topliss-reactive ketones (excluding diaryl/α,β-unsaturated/α-hetero) is 1. The highest BCUT2D eigenvalue weighted by molar-refractivity contribution is 6.30. The van der Waals surface area contributed by atoms with Gasteiger partial charge in [0.15, 0.2) is 5.78 Å². The summed E-state index contributed by atoms with van der Waals surface area (Å²) < 4.78 is 5.16. The van der Waals surface area contributed by atoms with Gasteiger partial charge in [0.25, 0.3) is 0 Å². The van der Waals surface area contributed by atoms with Crippen LogP contribution in [-0.4, -0.2) is 22.9 Å². The number of ketones is 1. The Kier molecular flexibility index (Phi) is 4.77. The molecule has 0 aliphatic heterocycles. The summed E-state index contributed by atoms with van der Waals surface area (Å²) in [4.78, 5) is 21.4. The van der Waals surface area contributed by atoms with E-state index in [-0.39, 0.29) is 11.7 Å². The normalized spacial score (nSPS) is 15.9. The Bertz CT molecular complexity index is 989. The molecule has 1 aromatic heterocycles. The van der Waals surface area contributed by atoms with E-state index < -0.39 is 0 Å². The van der Waals surface area contributed by atoms with Crippen LogP contribution in [0.25, 0.3) is 0 Å². The predicted molar refractivity (Wildman–Crippen MR) is 105 cm³/mol. The molecule has 0 saturated heterocycles. The minimum absolute atomic E-state index is 0.0669. The van der Waals surface area contributed by atoms with Gasteiger partial charge in [-0.1, -0.05) is 23.7 Å². The largest absolute Gasteiger partial charge is 0.497 e. The van der Waals surface area contributed by atoms with Crippen LogP contribution in [0.5, 0.6) is 5.75 Å². The van der Waals surface area contributed by atoms with Gasteiger partial charge in [-0.25, -0.2) is 9.97 Å². The van der Waals surface area contributed by atoms with E-state index in [0.717, 1.165) is 22.7 Å². The first kappa shape index (κ1) is 17.5. The molecule has 0 bridgehead atoms. The summed E-state index contributed by atoms with van der Waals surface area (Å²) in [5, 5.41) is 3.85. The molecule has 1 heterocycles. The van der Waals surface area contributed by atoms with Gasteiger partial charge >= 0.3 is 0 Å². The maximum Gasteiger partial charge on any atom is 0.227 e. The number of rotatable bonds is 4. The van der Waals surface area contributed by atoms with Crippen molar-refractivity contribution in [3.05, 3.63) is 76.6 Å². The number of carbonyl (C=O) groups excluding carboxylic acids is 1. The molecule has 0 amide bonds. The number of benzene rings is 2. The summed E-state index contributed by atoms with van der Waals surface area (Å²) in [6.45, 7) is 0. The van der Waals surface area contributed by atoms with Gasteiger partial charge in [-0.3, -0.25) is 4.79 Å². The Morgan fingerprint density at radius 1 is 1.15 bits per heavy atom. The van der Waals surface area contributed by atoms with Crippen molar-refractivity contribution in [3.8, 4) is 5.75 Å². The van der Waals surface area contributed by atoms with Crippen LogP contribution in [0, 0.1) is 0 Å². The zero-order chi connectivity index (χ0) is 18.8. The summed E-state index contributed by atoms with van der Waals surface area (Å²) >= 11 is 6.11. The number of hydrogen-bond acceptors (Lipinski definition) is 5. The molecule has 0 saturated carbocycles. The Morgan fingerprint density at radius 3 is 2.70 bits per heavy atom. The van der Waals surface area contributed by atoms with Crippen molar-refractivity contribution < 1.29 is 9.53 Å². The highest BCUT2D eigenvalue weighted by Crippen LogP contribution is 2.33. The number of ether oxygens (including phenoxy) is 1. The summed E-state index contributed by atoms with van der Waals surface area (Å²) in [6, 6.07) is 15.2. The van der Waals surface area contributed by atoms with E-state index >= 15 is 0 Å². The number of nitrogens with one attached hydrogen (secondary N) is 1. The second-order valence-corrected chi connectivity index (χ2v) is 6.93. The van der Waals surface area contributed by atoms with Crippen molar-refractivity contribution in [2.24, 2.45) is 0 Å². The number of methoxy groups -OCH3 is 1. The fourth-order valence-electron chi connectivity index (χ4n) is 3.30. The highest BCUT2D eigenvalue weighted by atomic mass is 35.5. The quantitative estimate of drug-likeness (QED) is 0.705. The Hall–Kier alpha value is -2.92. The van der Waals surface area contributed by atoms with Crippen LogP contribution in [0.4, 0.5) is 11.6 Å². The average Bonchev–Trinajstić information content (AvgIpc) is 2.68. The van der Waals surface area contributed by atoms with Crippen LogP contribution in [0.15, 0.2) is 54.7 Å². The molecule has 4 rings (SSSR count). The molecule has 0 radical (unpaired) electrons. The molecule has 27 heavy (non-hydrogen) atoms. The number of fused-ring (bicyclic) bond motifs is 1. The minimum atomic E-state index is 0.0669. The maximum absolute atomic E-state index is 12.5. The van der Waals surface area contributed by atoms with Crippen LogP contribution < -0.4 is 10.1 Å². The first-order chi connectivity index (χ1) is 13.1. The van der Waals surface area contributed by atoms with Gasteiger partial charge in [-0.15, -0.1) is 0 Å². The van der Waals surface area contributed by atoms with E-state index in [2.05, 4.69) is 15.3 Å². The number of hydrogen-bond donors (Lipinski definition) is 1. The number of aromatic nitrogens is 2. The van der Waals surface area contributed by atoms with Gasteiger partial charge in [-0.05, 0) is 54.3 Å². The summed E-state index contributed by atoms with van der Waals surface area (Å²) in [6.07, 6.45) is 2.74. The molecule has 3 aromatic rings. The number of anilines is 2. The Morgan fingerprint density at radius 2 is 1.96 bits per heavy atom. The van der Waals surface area contributed by atoms with Crippen LogP contribution >= 0.6 is 11.6 Å². The van der Waals surface area contributed by atoms with Gasteiger partial charge < -0.3 is 10.1 Å². The zero-order valence-electron chi connectivity index (χ0n) is 14.8. The van der Waals surface area contributed by atoms with Crippen molar-refractivity contribution in [1.82, 2.24) is 9.97 Å². The van der Waals surface area contributed by atoms with Gasteiger partial charge in [0, 0.05) is 23.3 Å². The van der Waals surface area contributed by atoms with Gasteiger partial charge in [0.1, 0.15) is 5.75 Å². The van der Waals surface area contributed by atoms with E-state index in [1.54, 1.807) is 13.3 Å². The summed E-state index contributed by atoms with van der Waals surface area (Å²) in [7, 11) is 1.63. The topological polar surface area (TPSA) is 64.1 Å². The number of carbonyl (C=O) groups is 1. The average molecular weight is 380 g/mol. The maximum atomic E-state index is 12.5. The molecular formula is C21H18ClN3O2. The molecule has 1 aliphatic rings. The standard InChI is InChI=1S/C21H18ClN3O2/c1-27-17-7-5-16(6-8-17)24-21-23-12-18-19(25-21)10-14(11-20(18)26)13-3-2-4-15(22)9-13/h2-9,12,14H,10-11H2,1H3,(H,23,24,25)/t14-/m0/s1. The lowest BCUT2D eigenvalue weighted by Crippen LogP contribution is -2.21. The minimum Gasteiger partial charge on any atom is -0.497 e. The molecule has 2 aromatic carbocycles. The van der Waals surface area contributed by atoms with Crippen LogP contribution in [-0.2, 0) is 6.42 Å². The van der Waals surface area contributed by atoms with Gasteiger partial charge in [-0.2, -0.15) is 0 Å². The van der Waals surface area contributed by atoms with E-state index in [9.17, 15) is 4.79 Å². The van der Waals surface area contributed by atoms with Crippen molar-refractivity contribution >= 4 is 29.0 Å². The van der Waals surface area contributed by atoms with E-state index in [1.807, 2.05) is 48.5 Å². The zero-order valence-corrected chi connectivity index (χ0v) is 15.5. The third-order valence-electron chi connectivity index (χ3n) is 4.71. The molecule has 6 heteroatoms. The predicted octanol–water partition coefficient (Wildman–Crippen LogP) is 4.79. The van der Waals surface area contributed by atoms with Crippen molar-refractivity contribution in [1.29, 1.82) is 0 Å². The van der Waals surface area contributed by atoms with Crippen LogP contribution in [0.1, 0.15) is 34.0 Å². The second-order valence-electron chi connectivity index (χ2n) is 6.49. The first-order valence-corrected chi connectivity index (χ1v) is 9.06. The number of halogens is 1. The lowest BCUT2D eigenvalue weighted by molar-refractivity contribution is 0.0962. The fourth-order valence-corrected chi connectivity index (χ4v) is 3.50. The van der Waals surface area contributed by atoms with Crippen LogP contribution in [0.3, 0.4) is 0 Å². The molecule has 1 N–H and O–H groups in total. The lowest BCUT2D eigenvalue weighted by atomic mass is 9.82. The van der Waals surface area contributed by atoms with Gasteiger partial charge in [0.05, 0.1) is 18.4 Å². The SMILES string of the molecule is COc1ccc(Nc2ncc3c(n2)C[C@H](c2cccc(Cl)c2)CC3=O)cc1. The van der Waals surface area contributed by atoms with Crippen molar-refractivity contribution in [3.63, 3.8) is 0 Å². The van der Waals surface area contributed by atoms with Crippen molar-refractivity contribution in [2.75, 3.05) is 12.4 Å². The van der Waals surface area contributed by atoms with E-state index in [0.29, 0.717) is 29.4 Å². The molecule has 1 atom stereocenters. The molecular weight excluding hydrogens is 362 g/mol. The Labute approximate surface area is 162 Å². The van der Waals surface area contributed by atoms with E-state index in [1.165, 1.54) is 0 Å². The molecule has 1 aliphatic carbocycles. The molecule has 136 valence electrons. The molecule has 5 nitrogen and oxygen atoms in total. The molecule has 0 fully saturated rings.